The topological polar surface area (TPSA) is 78.9 Å². The Hall–Kier alpha value is -1.85. The highest BCUT2D eigenvalue weighted by atomic mass is 16.6. The molecule has 0 bridgehead atoms. The summed E-state index contributed by atoms with van der Waals surface area (Å²) in [5, 5.41) is 0. The van der Waals surface area contributed by atoms with Gasteiger partial charge >= 0.3 is 17.9 Å². The highest BCUT2D eigenvalue weighted by Crippen LogP contribution is 2.17. The molecule has 0 amide bonds. The average Bonchev–Trinajstić information content (AvgIpc) is 3.33. The van der Waals surface area contributed by atoms with Crippen molar-refractivity contribution in [2.45, 2.75) is 348 Å². The molecule has 0 aliphatic carbocycles. The van der Waals surface area contributed by atoms with E-state index in [1.807, 2.05) is 0 Å². The van der Waals surface area contributed by atoms with Gasteiger partial charge in [0.15, 0.2) is 6.10 Å². The Bertz CT molecular complexity index is 1040. The summed E-state index contributed by atoms with van der Waals surface area (Å²) in [5.41, 5.74) is 0. The summed E-state index contributed by atoms with van der Waals surface area (Å²) in [4.78, 5) is 38.2. The van der Waals surface area contributed by atoms with Crippen molar-refractivity contribution in [3.63, 3.8) is 0 Å². The molecule has 1 atom stereocenters. The van der Waals surface area contributed by atoms with E-state index < -0.39 is 6.10 Å². The van der Waals surface area contributed by atoms with Gasteiger partial charge in [-0.3, -0.25) is 14.4 Å². The fourth-order valence-corrected chi connectivity index (χ4v) is 9.21. The van der Waals surface area contributed by atoms with E-state index in [0.717, 1.165) is 57.8 Å². The molecule has 0 rings (SSSR count). The zero-order valence-corrected chi connectivity index (χ0v) is 45.5. The number of unbranched alkanes of at least 4 members (excludes halogenated alkanes) is 43. The molecule has 0 heterocycles. The molecule has 0 N–H and O–H groups in total. The van der Waals surface area contributed by atoms with Crippen molar-refractivity contribution < 1.29 is 28.6 Å². The predicted molar refractivity (Wildman–Crippen MR) is 289 cm³/mol. The fraction of sp³-hybridized carbons (Fsp3) is 0.918. The van der Waals surface area contributed by atoms with Crippen LogP contribution in [0.1, 0.15) is 342 Å². The molecule has 396 valence electrons. The van der Waals surface area contributed by atoms with Gasteiger partial charge in [-0.05, 0) is 44.9 Å². The van der Waals surface area contributed by atoms with Gasteiger partial charge in [0.25, 0.3) is 0 Å². The Labute approximate surface area is 418 Å². The first-order valence-electron chi connectivity index (χ1n) is 30.2. The third-order valence-corrected chi connectivity index (χ3v) is 13.8. The van der Waals surface area contributed by atoms with Gasteiger partial charge in [0.2, 0.25) is 0 Å². The number of hydrogen-bond donors (Lipinski definition) is 0. The van der Waals surface area contributed by atoms with Gasteiger partial charge in [0.1, 0.15) is 13.2 Å². The molecule has 1 unspecified atom stereocenters. The van der Waals surface area contributed by atoms with Gasteiger partial charge in [-0.1, -0.05) is 290 Å². The van der Waals surface area contributed by atoms with Crippen LogP contribution in [0.5, 0.6) is 0 Å². The molecule has 67 heavy (non-hydrogen) atoms. The molecule has 0 aliphatic rings. The minimum atomic E-state index is -0.765. The first-order valence-corrected chi connectivity index (χ1v) is 30.2. The van der Waals surface area contributed by atoms with Crippen molar-refractivity contribution in [3.8, 4) is 0 Å². The minimum absolute atomic E-state index is 0.0642. The summed E-state index contributed by atoms with van der Waals surface area (Å²) < 4.78 is 16.9. The van der Waals surface area contributed by atoms with Crippen LogP contribution in [0, 0.1) is 0 Å². The van der Waals surface area contributed by atoms with E-state index in [-0.39, 0.29) is 31.1 Å². The molecule has 0 saturated heterocycles. The largest absolute Gasteiger partial charge is 0.462 e. The van der Waals surface area contributed by atoms with Gasteiger partial charge in [-0.2, -0.15) is 0 Å². The van der Waals surface area contributed by atoms with Crippen LogP contribution in [0.3, 0.4) is 0 Å². The number of carbonyl (C=O) groups is 3. The van der Waals surface area contributed by atoms with E-state index in [4.69, 9.17) is 14.2 Å². The van der Waals surface area contributed by atoms with Gasteiger partial charge in [0, 0.05) is 19.3 Å². The van der Waals surface area contributed by atoms with Crippen LogP contribution in [0.4, 0.5) is 0 Å². The number of hydrogen-bond acceptors (Lipinski definition) is 6. The second-order valence-electron chi connectivity index (χ2n) is 20.6. The van der Waals surface area contributed by atoms with Gasteiger partial charge in [-0.15, -0.1) is 0 Å². The highest BCUT2D eigenvalue weighted by Gasteiger charge is 2.19. The first-order chi connectivity index (χ1) is 33.0. The van der Waals surface area contributed by atoms with Gasteiger partial charge in [-0.25, -0.2) is 0 Å². The lowest BCUT2D eigenvalue weighted by molar-refractivity contribution is -0.167. The molecule has 0 aromatic carbocycles. The Balaban J connectivity index is 4.26. The second-order valence-corrected chi connectivity index (χ2v) is 20.6. The molecule has 0 fully saturated rings. The fourth-order valence-electron chi connectivity index (χ4n) is 9.21. The summed E-state index contributed by atoms with van der Waals surface area (Å²) in [7, 11) is 0. The number of esters is 3. The smallest absolute Gasteiger partial charge is 0.306 e. The third kappa shape index (κ3) is 55.0. The van der Waals surface area contributed by atoms with Crippen LogP contribution >= 0.6 is 0 Å². The van der Waals surface area contributed by atoms with E-state index in [0.29, 0.717) is 19.3 Å². The van der Waals surface area contributed by atoms with Crippen molar-refractivity contribution in [2.75, 3.05) is 13.2 Å². The maximum absolute atomic E-state index is 12.8. The zero-order chi connectivity index (χ0) is 48.6. The Kier molecular flexibility index (Phi) is 55.2. The lowest BCUT2D eigenvalue weighted by Gasteiger charge is -2.18. The van der Waals surface area contributed by atoms with Crippen LogP contribution in [0.25, 0.3) is 0 Å². The Morgan fingerprint density at radius 2 is 0.493 bits per heavy atom. The van der Waals surface area contributed by atoms with Crippen LogP contribution in [-0.2, 0) is 28.6 Å². The summed E-state index contributed by atoms with van der Waals surface area (Å²) >= 11 is 0. The van der Waals surface area contributed by atoms with E-state index in [2.05, 4.69) is 32.9 Å². The number of ether oxygens (including phenoxy) is 3. The SMILES string of the molecule is CCCCCCCCCC/C=C\CCCCCCCCCCCC(=O)OCC(COC(=O)CCCCCCCCCCCCCCCC)OC(=O)CCCCCCCCCCCCCCCC. The van der Waals surface area contributed by atoms with Crippen LogP contribution < -0.4 is 0 Å². The number of carbonyl (C=O) groups excluding carboxylic acids is 3. The summed E-state index contributed by atoms with van der Waals surface area (Å²) in [6.45, 7) is 6.70. The van der Waals surface area contributed by atoms with E-state index >= 15 is 0 Å². The molecule has 6 nitrogen and oxygen atoms in total. The Morgan fingerprint density at radius 1 is 0.284 bits per heavy atom. The van der Waals surface area contributed by atoms with Crippen LogP contribution in [0.2, 0.25) is 0 Å². The maximum atomic E-state index is 12.8. The number of allylic oxidation sites excluding steroid dienone is 2. The maximum Gasteiger partial charge on any atom is 0.306 e. The minimum Gasteiger partial charge on any atom is -0.462 e. The lowest BCUT2D eigenvalue weighted by atomic mass is 10.0. The van der Waals surface area contributed by atoms with Crippen molar-refractivity contribution in [1.82, 2.24) is 0 Å². The number of rotatable bonds is 56. The normalized spacial score (nSPS) is 12.0. The predicted octanol–water partition coefficient (Wildman–Crippen LogP) is 20.1. The van der Waals surface area contributed by atoms with Crippen LogP contribution in [-0.4, -0.2) is 37.2 Å². The summed E-state index contributed by atoms with van der Waals surface area (Å²) in [6.07, 6.45) is 64.9. The van der Waals surface area contributed by atoms with Gasteiger partial charge in [0.05, 0.1) is 0 Å². The monoisotopic (exact) mass is 945 g/mol. The average molecular weight is 946 g/mol. The first kappa shape index (κ1) is 65.1. The molecule has 0 aliphatic heterocycles. The van der Waals surface area contributed by atoms with E-state index in [1.165, 1.54) is 244 Å². The summed E-state index contributed by atoms with van der Waals surface area (Å²) in [5.74, 6) is -0.840. The molecule has 0 radical (unpaired) electrons. The second kappa shape index (κ2) is 56.7. The molecule has 0 aromatic heterocycles. The summed E-state index contributed by atoms with van der Waals surface area (Å²) in [6, 6.07) is 0. The Morgan fingerprint density at radius 3 is 0.746 bits per heavy atom. The standard InChI is InChI=1S/C61H116O6/c1-4-7-10-13-16-19-22-25-28-29-30-31-32-33-34-37-39-42-45-48-51-54-60(63)66-57-58(67-61(64)55-52-49-46-43-40-36-27-24-21-18-15-12-9-6-3)56-65-59(62)53-50-47-44-41-38-35-26-23-20-17-14-11-8-5-2/h29-30,58H,4-28,31-57H2,1-3H3/b30-29-. The molecule has 0 aromatic rings. The van der Waals surface area contributed by atoms with Crippen LogP contribution in [0.15, 0.2) is 12.2 Å². The van der Waals surface area contributed by atoms with Crippen molar-refractivity contribution in [3.05, 3.63) is 12.2 Å². The molecule has 6 heteroatoms. The molecular formula is C61H116O6. The lowest BCUT2D eigenvalue weighted by Crippen LogP contribution is -2.30. The molecular weight excluding hydrogens is 829 g/mol. The van der Waals surface area contributed by atoms with Crippen molar-refractivity contribution >= 4 is 17.9 Å². The van der Waals surface area contributed by atoms with Crippen molar-refractivity contribution in [2.24, 2.45) is 0 Å². The zero-order valence-electron chi connectivity index (χ0n) is 45.5. The third-order valence-electron chi connectivity index (χ3n) is 13.8. The van der Waals surface area contributed by atoms with E-state index in [9.17, 15) is 14.4 Å². The molecule has 0 saturated carbocycles. The van der Waals surface area contributed by atoms with E-state index in [1.54, 1.807) is 0 Å². The quantitative estimate of drug-likeness (QED) is 0.0262. The molecule has 0 spiro atoms. The highest BCUT2D eigenvalue weighted by molar-refractivity contribution is 5.71. The van der Waals surface area contributed by atoms with Gasteiger partial charge < -0.3 is 14.2 Å². The van der Waals surface area contributed by atoms with Crippen molar-refractivity contribution in [1.29, 1.82) is 0 Å².